The van der Waals surface area contributed by atoms with Gasteiger partial charge in [-0.05, 0) is 37.4 Å². The van der Waals surface area contributed by atoms with E-state index in [4.69, 9.17) is 21.1 Å². The van der Waals surface area contributed by atoms with Crippen LogP contribution in [0.1, 0.15) is 35.5 Å². The Morgan fingerprint density at radius 2 is 1.86 bits per heavy atom. The molecule has 0 spiro atoms. The second-order valence-corrected chi connectivity index (χ2v) is 7.70. The molecule has 1 fully saturated rings. The summed E-state index contributed by atoms with van der Waals surface area (Å²) in [7, 11) is 0. The summed E-state index contributed by atoms with van der Waals surface area (Å²) in [6.07, 6.45) is 0.456. The molecule has 8 nitrogen and oxygen atoms in total. The lowest BCUT2D eigenvalue weighted by Gasteiger charge is -2.35. The Bertz CT molecular complexity index is 880. The van der Waals surface area contributed by atoms with Crippen LogP contribution in [0.4, 0.5) is 10.6 Å². The average molecular weight is 427 g/mol. The molecular weight excluding hydrogens is 404 g/mol. The van der Waals surface area contributed by atoms with Gasteiger partial charge in [-0.3, -0.25) is 0 Å². The Morgan fingerprint density at radius 1 is 1.14 bits per heavy atom. The molecule has 10 heteroatoms. The van der Waals surface area contributed by atoms with Crippen LogP contribution in [-0.4, -0.2) is 66.3 Å². The number of rotatable bonds is 5. The maximum Gasteiger partial charge on any atom is 0.409 e. The molecule has 0 radical (unpaired) electrons. The van der Waals surface area contributed by atoms with Gasteiger partial charge in [0.15, 0.2) is 0 Å². The summed E-state index contributed by atoms with van der Waals surface area (Å²) in [5, 5.41) is 0.937. The lowest BCUT2D eigenvalue weighted by atomic mass is 10.2. The highest BCUT2D eigenvalue weighted by Gasteiger charge is 2.27. The number of thiophene rings is 1. The van der Waals surface area contributed by atoms with Crippen molar-refractivity contribution in [1.82, 2.24) is 14.9 Å². The molecule has 1 amide bonds. The van der Waals surface area contributed by atoms with Crippen molar-refractivity contribution >= 4 is 51.0 Å². The van der Waals surface area contributed by atoms with Gasteiger partial charge < -0.3 is 19.3 Å². The predicted molar refractivity (Wildman–Crippen MR) is 109 cm³/mol. The third kappa shape index (κ3) is 4.15. The van der Waals surface area contributed by atoms with Crippen LogP contribution in [0.3, 0.4) is 0 Å². The first-order valence-corrected chi connectivity index (χ1v) is 10.5. The molecule has 28 heavy (non-hydrogen) atoms. The molecule has 0 saturated carbocycles. The van der Waals surface area contributed by atoms with Crippen LogP contribution in [0.2, 0.25) is 5.28 Å². The minimum absolute atomic E-state index is 0.130. The van der Waals surface area contributed by atoms with Crippen molar-refractivity contribution in [2.24, 2.45) is 0 Å². The van der Waals surface area contributed by atoms with Gasteiger partial charge in [0.05, 0.1) is 18.6 Å². The molecule has 0 unspecified atom stereocenters. The van der Waals surface area contributed by atoms with E-state index in [9.17, 15) is 9.59 Å². The molecule has 1 aliphatic heterocycles. The van der Waals surface area contributed by atoms with E-state index in [0.717, 1.165) is 17.4 Å². The van der Waals surface area contributed by atoms with Crippen molar-refractivity contribution < 1.29 is 19.1 Å². The number of fused-ring (bicyclic) bond motifs is 1. The Morgan fingerprint density at radius 3 is 2.50 bits per heavy atom. The number of hydrogen-bond donors (Lipinski definition) is 0. The second kappa shape index (κ2) is 8.91. The van der Waals surface area contributed by atoms with Crippen LogP contribution in [0.25, 0.3) is 10.2 Å². The van der Waals surface area contributed by atoms with Crippen LogP contribution in [-0.2, 0) is 9.47 Å². The zero-order chi connectivity index (χ0) is 20.3. The highest BCUT2D eigenvalue weighted by molar-refractivity contribution is 7.20. The van der Waals surface area contributed by atoms with Gasteiger partial charge in [-0.2, -0.15) is 4.98 Å². The number of ether oxygens (including phenoxy) is 2. The van der Waals surface area contributed by atoms with Gasteiger partial charge in [0.1, 0.15) is 15.5 Å². The molecule has 0 N–H and O–H groups in total. The quantitative estimate of drug-likeness (QED) is 0.534. The zero-order valence-corrected chi connectivity index (χ0v) is 17.7. The number of halogens is 1. The second-order valence-electron chi connectivity index (χ2n) is 6.36. The number of aromatic nitrogens is 2. The SMILES string of the molecule is CCCOC(=O)c1sc2nc(Cl)nc(N3CCN(C(=O)OCC)CC3)c2c1C. The van der Waals surface area contributed by atoms with Crippen molar-refractivity contribution in [3.63, 3.8) is 0 Å². The Hall–Kier alpha value is -2.13. The number of aryl methyl sites for hydroxylation is 1. The summed E-state index contributed by atoms with van der Waals surface area (Å²) in [4.78, 5) is 37.9. The molecule has 0 aliphatic carbocycles. The normalized spacial score (nSPS) is 14.4. The molecule has 0 bridgehead atoms. The molecule has 2 aromatic rings. The van der Waals surface area contributed by atoms with E-state index in [1.165, 1.54) is 11.3 Å². The summed E-state index contributed by atoms with van der Waals surface area (Å²) < 4.78 is 10.3. The number of hydrogen-bond acceptors (Lipinski definition) is 8. The van der Waals surface area contributed by atoms with E-state index >= 15 is 0 Å². The molecule has 0 aromatic carbocycles. The van der Waals surface area contributed by atoms with Gasteiger partial charge in [-0.15, -0.1) is 11.3 Å². The van der Waals surface area contributed by atoms with Crippen molar-refractivity contribution in [2.45, 2.75) is 27.2 Å². The van der Waals surface area contributed by atoms with Gasteiger partial charge in [0, 0.05) is 26.2 Å². The molecule has 1 aliphatic rings. The Labute approximate surface area is 172 Å². The molecule has 152 valence electrons. The number of anilines is 1. The predicted octanol–water partition coefficient (Wildman–Crippen LogP) is 3.50. The number of carbonyl (C=O) groups is 2. The Kier molecular flexibility index (Phi) is 6.56. The minimum atomic E-state index is -0.350. The lowest BCUT2D eigenvalue weighted by molar-refractivity contribution is 0.0510. The van der Waals surface area contributed by atoms with E-state index in [-0.39, 0.29) is 17.3 Å². The van der Waals surface area contributed by atoms with E-state index < -0.39 is 0 Å². The monoisotopic (exact) mass is 426 g/mol. The van der Waals surface area contributed by atoms with Crippen LogP contribution in [0.5, 0.6) is 0 Å². The third-order valence-corrected chi connectivity index (χ3v) is 5.81. The first kappa shape index (κ1) is 20.6. The summed E-state index contributed by atoms with van der Waals surface area (Å²) in [5.41, 5.74) is 0.792. The Balaban J connectivity index is 1.88. The van der Waals surface area contributed by atoms with E-state index in [1.54, 1.807) is 11.8 Å². The van der Waals surface area contributed by atoms with Gasteiger partial charge in [0.25, 0.3) is 0 Å². The fourth-order valence-electron chi connectivity index (χ4n) is 3.09. The van der Waals surface area contributed by atoms with Crippen molar-refractivity contribution in [1.29, 1.82) is 0 Å². The maximum absolute atomic E-state index is 12.4. The van der Waals surface area contributed by atoms with Gasteiger partial charge in [0.2, 0.25) is 5.28 Å². The van der Waals surface area contributed by atoms with Gasteiger partial charge in [-0.25, -0.2) is 14.6 Å². The standard InChI is InChI=1S/C18H23ClN4O4S/c1-4-10-27-16(24)13-11(3)12-14(20-17(19)21-15(12)28-13)22-6-8-23(9-7-22)18(25)26-5-2/h4-10H2,1-3H3. The van der Waals surface area contributed by atoms with Crippen LogP contribution < -0.4 is 4.90 Å². The molecule has 0 atom stereocenters. The topological polar surface area (TPSA) is 84.9 Å². The molecule has 2 aromatic heterocycles. The van der Waals surface area contributed by atoms with Crippen LogP contribution in [0.15, 0.2) is 0 Å². The summed E-state index contributed by atoms with van der Waals surface area (Å²) in [6, 6.07) is 0. The molecule has 3 heterocycles. The highest BCUT2D eigenvalue weighted by atomic mass is 35.5. The van der Waals surface area contributed by atoms with E-state index in [1.807, 2.05) is 13.8 Å². The fourth-order valence-corrected chi connectivity index (χ4v) is 4.38. The number of piperazine rings is 1. The van der Waals surface area contributed by atoms with Crippen molar-refractivity contribution in [3.05, 3.63) is 15.7 Å². The van der Waals surface area contributed by atoms with E-state index in [2.05, 4.69) is 14.9 Å². The fraction of sp³-hybridized carbons (Fsp3) is 0.556. The highest BCUT2D eigenvalue weighted by Crippen LogP contribution is 2.37. The minimum Gasteiger partial charge on any atom is -0.462 e. The van der Waals surface area contributed by atoms with Crippen LogP contribution in [0, 0.1) is 6.92 Å². The largest absolute Gasteiger partial charge is 0.462 e. The average Bonchev–Trinajstić information content (AvgIpc) is 3.02. The van der Waals surface area contributed by atoms with Crippen molar-refractivity contribution in [3.8, 4) is 0 Å². The smallest absolute Gasteiger partial charge is 0.409 e. The molecule has 1 saturated heterocycles. The van der Waals surface area contributed by atoms with Gasteiger partial charge >= 0.3 is 12.1 Å². The summed E-state index contributed by atoms with van der Waals surface area (Å²) in [6.45, 7) is 8.57. The molecule has 3 rings (SSSR count). The number of carbonyl (C=O) groups excluding carboxylic acids is 2. The lowest BCUT2D eigenvalue weighted by Crippen LogP contribution is -2.49. The van der Waals surface area contributed by atoms with Gasteiger partial charge in [-0.1, -0.05) is 6.92 Å². The van der Waals surface area contributed by atoms with Crippen LogP contribution >= 0.6 is 22.9 Å². The third-order valence-electron chi connectivity index (χ3n) is 4.47. The number of esters is 1. The van der Waals surface area contributed by atoms with Crippen molar-refractivity contribution in [2.75, 3.05) is 44.3 Å². The number of amides is 1. The van der Waals surface area contributed by atoms with E-state index in [0.29, 0.717) is 54.9 Å². The number of nitrogens with zero attached hydrogens (tertiary/aromatic N) is 4. The first-order valence-electron chi connectivity index (χ1n) is 9.26. The first-order chi connectivity index (χ1) is 13.5. The molecular formula is C18H23ClN4O4S. The maximum atomic E-state index is 12.4. The summed E-state index contributed by atoms with van der Waals surface area (Å²) in [5.74, 6) is 0.332. The summed E-state index contributed by atoms with van der Waals surface area (Å²) >= 11 is 7.41. The zero-order valence-electron chi connectivity index (χ0n) is 16.2.